The highest BCUT2D eigenvalue weighted by atomic mass is 32.1. The number of thiophene rings is 1. The van der Waals surface area contributed by atoms with E-state index in [9.17, 15) is 0 Å². The fraction of sp³-hybridized carbons (Fsp3) is 0.722. The first kappa shape index (κ1) is 18.1. The number of morpholine rings is 1. The van der Waals surface area contributed by atoms with Gasteiger partial charge in [0.25, 0.3) is 0 Å². The quantitative estimate of drug-likeness (QED) is 0.781. The maximum absolute atomic E-state index is 5.60. The van der Waals surface area contributed by atoms with Gasteiger partial charge in [0.05, 0.1) is 19.3 Å². The van der Waals surface area contributed by atoms with Crippen molar-refractivity contribution in [3.63, 3.8) is 0 Å². The third-order valence-electron chi connectivity index (χ3n) is 5.05. The summed E-state index contributed by atoms with van der Waals surface area (Å²) in [5.41, 5.74) is 0. The van der Waals surface area contributed by atoms with Gasteiger partial charge >= 0.3 is 0 Å². The molecule has 0 bridgehead atoms. The van der Waals surface area contributed by atoms with Crippen molar-refractivity contribution in [2.75, 3.05) is 26.3 Å². The molecule has 0 radical (unpaired) electrons. The van der Waals surface area contributed by atoms with Gasteiger partial charge in [0, 0.05) is 30.1 Å². The molecule has 2 N–H and O–H groups in total. The van der Waals surface area contributed by atoms with Crippen LogP contribution in [0.25, 0.3) is 0 Å². The molecule has 6 heteroatoms. The van der Waals surface area contributed by atoms with E-state index in [1.165, 1.54) is 37.0 Å². The molecule has 1 saturated carbocycles. The molecule has 1 aromatic rings. The van der Waals surface area contributed by atoms with Crippen molar-refractivity contribution >= 4 is 28.7 Å². The van der Waals surface area contributed by atoms with E-state index in [2.05, 4.69) is 40.0 Å². The molecular formula is C18H29N3OS2. The number of thiocarbonyl (C=S) groups is 1. The van der Waals surface area contributed by atoms with Crippen LogP contribution in [-0.4, -0.2) is 48.4 Å². The Balaban J connectivity index is 1.60. The number of hydrogen-bond acceptors (Lipinski definition) is 4. The summed E-state index contributed by atoms with van der Waals surface area (Å²) >= 11 is 7.43. The summed E-state index contributed by atoms with van der Waals surface area (Å²) in [5.74, 6) is 0. The van der Waals surface area contributed by atoms with Crippen LogP contribution >= 0.6 is 23.6 Å². The second-order valence-corrected chi connectivity index (χ2v) is 8.24. The Morgan fingerprint density at radius 3 is 2.71 bits per heavy atom. The van der Waals surface area contributed by atoms with Gasteiger partial charge in [-0.05, 0) is 43.4 Å². The topological polar surface area (TPSA) is 36.5 Å². The van der Waals surface area contributed by atoms with Gasteiger partial charge in [-0.2, -0.15) is 0 Å². The van der Waals surface area contributed by atoms with E-state index in [1.807, 2.05) is 11.3 Å². The zero-order valence-corrected chi connectivity index (χ0v) is 16.1. The van der Waals surface area contributed by atoms with Gasteiger partial charge in [0.1, 0.15) is 0 Å². The fourth-order valence-electron chi connectivity index (χ4n) is 3.82. The molecule has 1 aliphatic carbocycles. The Bertz CT molecular complexity index is 496. The number of nitrogens with one attached hydrogen (secondary N) is 2. The smallest absolute Gasteiger partial charge is 0.166 e. The zero-order chi connectivity index (χ0) is 16.8. The Morgan fingerprint density at radius 1 is 1.29 bits per heavy atom. The van der Waals surface area contributed by atoms with Crippen molar-refractivity contribution in [2.45, 2.75) is 57.2 Å². The number of rotatable bonds is 5. The van der Waals surface area contributed by atoms with E-state index in [4.69, 9.17) is 17.0 Å². The minimum Gasteiger partial charge on any atom is -0.379 e. The average Bonchev–Trinajstić information content (AvgIpc) is 3.11. The van der Waals surface area contributed by atoms with Gasteiger partial charge in [-0.1, -0.05) is 25.3 Å². The number of ether oxygens (including phenoxy) is 1. The molecule has 0 amide bonds. The van der Waals surface area contributed by atoms with E-state index in [0.29, 0.717) is 12.1 Å². The third-order valence-corrected chi connectivity index (χ3v) is 6.23. The van der Waals surface area contributed by atoms with E-state index < -0.39 is 0 Å². The van der Waals surface area contributed by atoms with Crippen LogP contribution in [0.1, 0.15) is 49.9 Å². The largest absolute Gasteiger partial charge is 0.379 e. The standard InChI is InChI=1S/C18H29N3OS2/c1-14(19-18(23)20-15-6-3-2-4-7-15)17(16-8-5-13-24-16)21-9-11-22-12-10-21/h5,8,13-15,17H,2-4,6-7,9-12H2,1H3,(H2,19,20,23)/t14-,17-/m0/s1. The second-order valence-electron chi connectivity index (χ2n) is 6.85. The highest BCUT2D eigenvalue weighted by molar-refractivity contribution is 7.80. The summed E-state index contributed by atoms with van der Waals surface area (Å²) in [6.07, 6.45) is 6.50. The van der Waals surface area contributed by atoms with Crippen molar-refractivity contribution < 1.29 is 4.74 Å². The van der Waals surface area contributed by atoms with E-state index in [-0.39, 0.29) is 6.04 Å². The minimum absolute atomic E-state index is 0.269. The Hall–Kier alpha value is -0.690. The normalized spacial score (nSPS) is 22.7. The lowest BCUT2D eigenvalue weighted by atomic mass is 9.96. The number of nitrogens with zero attached hydrogens (tertiary/aromatic N) is 1. The van der Waals surface area contributed by atoms with Crippen LogP contribution < -0.4 is 10.6 Å². The second kappa shape index (κ2) is 9.13. The van der Waals surface area contributed by atoms with Crippen molar-refractivity contribution in [3.8, 4) is 0 Å². The molecule has 0 spiro atoms. The van der Waals surface area contributed by atoms with E-state index in [1.54, 1.807) is 0 Å². The predicted molar refractivity (Wildman–Crippen MR) is 105 cm³/mol. The number of hydrogen-bond donors (Lipinski definition) is 2. The molecule has 0 aromatic carbocycles. The van der Waals surface area contributed by atoms with Gasteiger partial charge in [-0.3, -0.25) is 4.90 Å². The molecule has 1 aromatic heterocycles. The van der Waals surface area contributed by atoms with Crippen LogP contribution in [0.2, 0.25) is 0 Å². The van der Waals surface area contributed by atoms with Crippen molar-refractivity contribution in [3.05, 3.63) is 22.4 Å². The summed E-state index contributed by atoms with van der Waals surface area (Å²) in [4.78, 5) is 3.92. The van der Waals surface area contributed by atoms with Crippen molar-refractivity contribution in [1.82, 2.24) is 15.5 Å². The molecule has 134 valence electrons. The van der Waals surface area contributed by atoms with Crippen molar-refractivity contribution in [2.24, 2.45) is 0 Å². The molecule has 2 atom stereocenters. The maximum Gasteiger partial charge on any atom is 0.166 e. The van der Waals surface area contributed by atoms with Crippen molar-refractivity contribution in [1.29, 1.82) is 0 Å². The fourth-order valence-corrected chi connectivity index (χ4v) is 5.13. The molecule has 0 unspecified atom stereocenters. The third kappa shape index (κ3) is 4.91. The Labute approximate surface area is 155 Å². The first-order chi connectivity index (χ1) is 11.7. The van der Waals surface area contributed by atoms with Crippen LogP contribution in [0.15, 0.2) is 17.5 Å². The molecule has 1 aliphatic heterocycles. The highest BCUT2D eigenvalue weighted by Crippen LogP contribution is 2.29. The summed E-state index contributed by atoms with van der Waals surface area (Å²) < 4.78 is 5.53. The van der Waals surface area contributed by atoms with E-state index >= 15 is 0 Å². The molecule has 2 aliphatic rings. The minimum atomic E-state index is 0.269. The van der Waals surface area contributed by atoms with Crippen LogP contribution in [0, 0.1) is 0 Å². The summed E-state index contributed by atoms with van der Waals surface area (Å²) in [6.45, 7) is 5.85. The van der Waals surface area contributed by atoms with Crippen LogP contribution in [-0.2, 0) is 4.74 Å². The van der Waals surface area contributed by atoms with Gasteiger partial charge in [0.15, 0.2) is 5.11 Å². The van der Waals surface area contributed by atoms with Gasteiger partial charge in [-0.25, -0.2) is 0 Å². The highest BCUT2D eigenvalue weighted by Gasteiger charge is 2.29. The first-order valence-electron chi connectivity index (χ1n) is 9.16. The van der Waals surface area contributed by atoms with Crippen LogP contribution in [0.5, 0.6) is 0 Å². The zero-order valence-electron chi connectivity index (χ0n) is 14.5. The van der Waals surface area contributed by atoms with Crippen LogP contribution in [0.4, 0.5) is 0 Å². The molecule has 24 heavy (non-hydrogen) atoms. The summed E-state index contributed by atoms with van der Waals surface area (Å²) in [5, 5.41) is 10.1. The Kier molecular flexibility index (Phi) is 6.89. The molecular weight excluding hydrogens is 338 g/mol. The molecule has 3 rings (SSSR count). The average molecular weight is 368 g/mol. The van der Waals surface area contributed by atoms with Gasteiger partial charge < -0.3 is 15.4 Å². The monoisotopic (exact) mass is 367 g/mol. The Morgan fingerprint density at radius 2 is 2.04 bits per heavy atom. The van der Waals surface area contributed by atoms with E-state index in [0.717, 1.165) is 31.4 Å². The molecule has 4 nitrogen and oxygen atoms in total. The lowest BCUT2D eigenvalue weighted by molar-refractivity contribution is 0.0110. The SMILES string of the molecule is C[C@H](NC(=S)NC1CCCCC1)[C@@H](c1cccs1)N1CCOCC1. The maximum atomic E-state index is 5.60. The first-order valence-corrected chi connectivity index (χ1v) is 10.4. The summed E-state index contributed by atoms with van der Waals surface area (Å²) in [6, 6.07) is 5.54. The van der Waals surface area contributed by atoms with Gasteiger partial charge in [-0.15, -0.1) is 11.3 Å². The summed E-state index contributed by atoms with van der Waals surface area (Å²) in [7, 11) is 0. The molecule has 1 saturated heterocycles. The van der Waals surface area contributed by atoms with Crippen LogP contribution in [0.3, 0.4) is 0 Å². The molecule has 2 heterocycles. The molecule has 2 fully saturated rings. The lowest BCUT2D eigenvalue weighted by Crippen LogP contribution is -2.51. The predicted octanol–water partition coefficient (Wildman–Crippen LogP) is 3.31. The van der Waals surface area contributed by atoms with Gasteiger partial charge in [0.2, 0.25) is 0 Å². The lowest BCUT2D eigenvalue weighted by Gasteiger charge is -2.38.